The molecule has 0 amide bonds. The first-order chi connectivity index (χ1) is 14.8. The second-order valence-electron chi connectivity index (χ2n) is 8.15. The molecule has 0 saturated heterocycles. The molecule has 0 N–H and O–H groups in total. The lowest BCUT2D eigenvalue weighted by Gasteiger charge is -2.07. The lowest BCUT2D eigenvalue weighted by Crippen LogP contribution is -1.97. The summed E-state index contributed by atoms with van der Waals surface area (Å²) in [5.74, 6) is 1.69. The van der Waals surface area contributed by atoms with Crippen LogP contribution in [0, 0.1) is 0 Å². The van der Waals surface area contributed by atoms with Crippen LogP contribution in [-0.2, 0) is 6.42 Å². The number of ether oxygens (including phenoxy) is 1. The third-order valence-electron chi connectivity index (χ3n) is 5.46. The Morgan fingerprint density at radius 3 is 2.10 bits per heavy atom. The van der Waals surface area contributed by atoms with E-state index in [1.54, 1.807) is 0 Å². The largest absolute Gasteiger partial charge is 0.494 e. The summed E-state index contributed by atoms with van der Waals surface area (Å²) in [6, 6.07) is 8.11. The second-order valence-corrected chi connectivity index (χ2v) is 8.15. The number of unbranched alkanes of at least 4 members (excludes halogenated alkanes) is 10. The van der Waals surface area contributed by atoms with Crippen molar-refractivity contribution in [2.24, 2.45) is 0 Å². The van der Waals surface area contributed by atoms with E-state index in [1.165, 1.54) is 69.8 Å². The Hall–Kier alpha value is -2.16. The minimum absolute atomic E-state index is 0.764. The third-order valence-corrected chi connectivity index (χ3v) is 5.46. The molecule has 3 heteroatoms. The van der Waals surface area contributed by atoms with E-state index in [2.05, 4.69) is 23.5 Å². The van der Waals surface area contributed by atoms with Gasteiger partial charge in [0.2, 0.25) is 0 Å². The summed E-state index contributed by atoms with van der Waals surface area (Å²) in [4.78, 5) is 9.14. The maximum atomic E-state index is 5.82. The molecule has 1 aromatic heterocycles. The first-order valence-corrected chi connectivity index (χ1v) is 12.0. The summed E-state index contributed by atoms with van der Waals surface area (Å²) in [5.41, 5.74) is 2.27. The summed E-state index contributed by atoms with van der Waals surface area (Å²) in [6.07, 6.45) is 22.3. The monoisotopic (exact) mass is 408 g/mol. The number of rotatable bonds is 17. The Kier molecular flexibility index (Phi) is 12.6. The summed E-state index contributed by atoms with van der Waals surface area (Å²) in [6.45, 7) is 6.79. The first-order valence-electron chi connectivity index (χ1n) is 12.0. The van der Waals surface area contributed by atoms with Gasteiger partial charge in [0.15, 0.2) is 5.82 Å². The number of aryl methyl sites for hydroxylation is 1. The third kappa shape index (κ3) is 10.0. The van der Waals surface area contributed by atoms with Gasteiger partial charge >= 0.3 is 0 Å². The van der Waals surface area contributed by atoms with Crippen LogP contribution < -0.4 is 4.74 Å². The molecular weight excluding hydrogens is 368 g/mol. The molecule has 2 rings (SSSR count). The number of hydrogen-bond acceptors (Lipinski definition) is 3. The highest BCUT2D eigenvalue weighted by molar-refractivity contribution is 5.55. The average molecular weight is 409 g/mol. The van der Waals surface area contributed by atoms with Crippen molar-refractivity contribution in [2.45, 2.75) is 90.4 Å². The normalized spacial score (nSPS) is 10.8. The van der Waals surface area contributed by atoms with Gasteiger partial charge < -0.3 is 4.74 Å². The van der Waals surface area contributed by atoms with Crippen LogP contribution in [0.1, 0.15) is 89.5 Å². The SMILES string of the molecule is C=CCCCCCOc1ccc(-c2ncc(CCCCCCCCCC)cn2)cc1. The van der Waals surface area contributed by atoms with Crippen LogP contribution in [-0.4, -0.2) is 16.6 Å². The van der Waals surface area contributed by atoms with Crippen LogP contribution in [0.3, 0.4) is 0 Å². The van der Waals surface area contributed by atoms with Crippen molar-refractivity contribution >= 4 is 0 Å². The molecule has 0 spiro atoms. The van der Waals surface area contributed by atoms with Crippen LogP contribution in [0.4, 0.5) is 0 Å². The van der Waals surface area contributed by atoms with E-state index in [0.29, 0.717) is 0 Å². The van der Waals surface area contributed by atoms with Gasteiger partial charge in [-0.15, -0.1) is 6.58 Å². The van der Waals surface area contributed by atoms with E-state index in [9.17, 15) is 0 Å². The molecule has 0 aliphatic rings. The summed E-state index contributed by atoms with van der Waals surface area (Å²) in [7, 11) is 0. The standard InChI is InChI=1S/C27H40N2O/c1-3-5-7-9-10-11-12-14-16-24-22-28-27(29-23-24)25-17-19-26(20-18-25)30-21-15-13-8-6-4-2/h4,17-20,22-23H,2-3,5-16,21H2,1H3. The molecule has 0 radical (unpaired) electrons. The van der Waals surface area contributed by atoms with Crippen molar-refractivity contribution in [2.75, 3.05) is 6.61 Å². The second kappa shape index (κ2) is 15.6. The Morgan fingerprint density at radius 2 is 1.43 bits per heavy atom. The zero-order valence-corrected chi connectivity index (χ0v) is 19.0. The van der Waals surface area contributed by atoms with Crippen LogP contribution >= 0.6 is 0 Å². The zero-order valence-electron chi connectivity index (χ0n) is 19.0. The molecule has 1 aromatic carbocycles. The van der Waals surface area contributed by atoms with Crippen LogP contribution in [0.25, 0.3) is 11.4 Å². The molecule has 0 unspecified atom stereocenters. The van der Waals surface area contributed by atoms with Crippen molar-refractivity contribution in [1.29, 1.82) is 0 Å². The maximum Gasteiger partial charge on any atom is 0.159 e. The van der Waals surface area contributed by atoms with Crippen LogP contribution in [0.5, 0.6) is 5.75 Å². The quantitative estimate of drug-likeness (QED) is 0.197. The fourth-order valence-electron chi connectivity index (χ4n) is 3.55. The predicted molar refractivity (Wildman–Crippen MR) is 128 cm³/mol. The van der Waals surface area contributed by atoms with E-state index in [-0.39, 0.29) is 0 Å². The van der Waals surface area contributed by atoms with Crippen molar-refractivity contribution in [1.82, 2.24) is 9.97 Å². The van der Waals surface area contributed by atoms with Gasteiger partial charge in [0, 0.05) is 18.0 Å². The van der Waals surface area contributed by atoms with Gasteiger partial charge in [-0.25, -0.2) is 9.97 Å². The van der Waals surface area contributed by atoms with Crippen LogP contribution in [0.15, 0.2) is 49.3 Å². The minimum Gasteiger partial charge on any atom is -0.494 e. The Labute approximate surface area is 184 Å². The van der Waals surface area contributed by atoms with Crippen molar-refractivity contribution in [3.05, 3.63) is 54.9 Å². The number of benzene rings is 1. The van der Waals surface area contributed by atoms with Crippen LogP contribution in [0.2, 0.25) is 0 Å². The Bertz CT molecular complexity index is 679. The van der Waals surface area contributed by atoms with E-state index in [4.69, 9.17) is 4.74 Å². The molecule has 0 bridgehead atoms. The minimum atomic E-state index is 0.764. The molecule has 0 aliphatic heterocycles. The summed E-state index contributed by atoms with van der Waals surface area (Å²) in [5, 5.41) is 0. The molecule has 0 fully saturated rings. The first kappa shape index (κ1) is 24.1. The van der Waals surface area contributed by atoms with Gasteiger partial charge in [-0.3, -0.25) is 0 Å². The Balaban J connectivity index is 1.65. The molecule has 164 valence electrons. The van der Waals surface area contributed by atoms with Gasteiger partial charge in [0.25, 0.3) is 0 Å². The highest BCUT2D eigenvalue weighted by atomic mass is 16.5. The smallest absolute Gasteiger partial charge is 0.159 e. The summed E-state index contributed by atoms with van der Waals surface area (Å²) >= 11 is 0. The molecule has 0 saturated carbocycles. The van der Waals surface area contributed by atoms with E-state index < -0.39 is 0 Å². The fraction of sp³-hybridized carbons (Fsp3) is 0.556. The molecule has 2 aromatic rings. The molecule has 1 heterocycles. The molecular formula is C27H40N2O. The van der Waals surface area contributed by atoms with E-state index >= 15 is 0 Å². The average Bonchev–Trinajstić information content (AvgIpc) is 2.79. The lowest BCUT2D eigenvalue weighted by molar-refractivity contribution is 0.305. The summed E-state index contributed by atoms with van der Waals surface area (Å²) < 4.78 is 5.82. The van der Waals surface area contributed by atoms with Gasteiger partial charge in [-0.1, -0.05) is 57.9 Å². The topological polar surface area (TPSA) is 35.0 Å². The number of nitrogens with zero attached hydrogens (tertiary/aromatic N) is 2. The van der Waals surface area contributed by atoms with Gasteiger partial charge in [0.05, 0.1) is 6.61 Å². The van der Waals surface area contributed by atoms with Gasteiger partial charge in [0.1, 0.15) is 5.75 Å². The number of hydrogen-bond donors (Lipinski definition) is 0. The van der Waals surface area contributed by atoms with E-state index in [1.807, 2.05) is 42.7 Å². The number of allylic oxidation sites excluding steroid dienone is 1. The van der Waals surface area contributed by atoms with Crippen molar-refractivity contribution in [3.63, 3.8) is 0 Å². The Morgan fingerprint density at radius 1 is 0.800 bits per heavy atom. The van der Waals surface area contributed by atoms with E-state index in [0.717, 1.165) is 43.0 Å². The zero-order chi connectivity index (χ0) is 21.3. The highest BCUT2D eigenvalue weighted by Gasteiger charge is 2.03. The highest BCUT2D eigenvalue weighted by Crippen LogP contribution is 2.20. The maximum absolute atomic E-state index is 5.82. The molecule has 0 atom stereocenters. The fourth-order valence-corrected chi connectivity index (χ4v) is 3.55. The molecule has 30 heavy (non-hydrogen) atoms. The van der Waals surface area contributed by atoms with Gasteiger partial charge in [-0.05, 0) is 68.4 Å². The predicted octanol–water partition coefficient (Wildman–Crippen LogP) is 7.95. The number of aromatic nitrogens is 2. The van der Waals surface area contributed by atoms with Crippen molar-refractivity contribution < 1.29 is 4.74 Å². The molecule has 0 aliphatic carbocycles. The molecule has 3 nitrogen and oxygen atoms in total. The lowest BCUT2D eigenvalue weighted by atomic mass is 10.1. The van der Waals surface area contributed by atoms with Gasteiger partial charge in [-0.2, -0.15) is 0 Å². The van der Waals surface area contributed by atoms with Crippen molar-refractivity contribution in [3.8, 4) is 17.1 Å².